The summed E-state index contributed by atoms with van der Waals surface area (Å²) in [6.45, 7) is 9.64. The fourth-order valence-electron chi connectivity index (χ4n) is 7.14. The van der Waals surface area contributed by atoms with Gasteiger partial charge in [-0.05, 0) is 62.5 Å². The molecule has 3 fully saturated rings. The van der Waals surface area contributed by atoms with Crippen LogP contribution in [0.4, 0.5) is 0 Å². The van der Waals surface area contributed by atoms with Gasteiger partial charge < -0.3 is 9.64 Å². The SMILES string of the molecule is CN(CCCOC1(Cc2ccccc2)CC2CCC1(C)C2(C)C)C1CCCCC1. The van der Waals surface area contributed by atoms with Gasteiger partial charge in [-0.1, -0.05) is 70.4 Å². The maximum Gasteiger partial charge on any atom is 0.0783 e. The third-order valence-electron chi connectivity index (χ3n) is 9.58. The minimum absolute atomic E-state index is 0.00415. The van der Waals surface area contributed by atoms with E-state index in [2.05, 4.69) is 63.1 Å². The molecule has 2 bridgehead atoms. The Labute approximate surface area is 179 Å². The Bertz CT molecular complexity index is 664. The fourth-order valence-corrected chi connectivity index (χ4v) is 7.14. The van der Waals surface area contributed by atoms with Crippen LogP contribution in [0.25, 0.3) is 0 Å². The van der Waals surface area contributed by atoms with Gasteiger partial charge in [0.05, 0.1) is 5.60 Å². The Morgan fingerprint density at radius 2 is 1.72 bits per heavy atom. The van der Waals surface area contributed by atoms with Gasteiger partial charge in [0.25, 0.3) is 0 Å². The zero-order chi connectivity index (χ0) is 20.5. The highest BCUT2D eigenvalue weighted by molar-refractivity contribution is 5.25. The largest absolute Gasteiger partial charge is 0.374 e. The number of fused-ring (bicyclic) bond motifs is 2. The van der Waals surface area contributed by atoms with Crippen molar-refractivity contribution in [2.75, 3.05) is 20.2 Å². The van der Waals surface area contributed by atoms with Gasteiger partial charge in [0.1, 0.15) is 0 Å². The number of nitrogens with zero attached hydrogens (tertiary/aromatic N) is 1. The number of rotatable bonds is 8. The van der Waals surface area contributed by atoms with Gasteiger partial charge in [0.2, 0.25) is 0 Å². The Morgan fingerprint density at radius 3 is 2.34 bits per heavy atom. The Kier molecular flexibility index (Phi) is 6.15. The van der Waals surface area contributed by atoms with E-state index in [4.69, 9.17) is 4.74 Å². The standard InChI is InChI=1S/C27H43NO/c1-25(2)23-16-17-26(25,3)27(21-23,20-22-12-7-5-8-13-22)29-19-11-18-28(4)24-14-9-6-10-15-24/h5,7-8,12-13,23-24H,6,9-11,14-21H2,1-4H3. The van der Waals surface area contributed by atoms with Crippen LogP contribution in [0.1, 0.15) is 84.1 Å². The first-order chi connectivity index (χ1) is 13.9. The van der Waals surface area contributed by atoms with Crippen LogP contribution in [0.15, 0.2) is 30.3 Å². The van der Waals surface area contributed by atoms with E-state index >= 15 is 0 Å². The van der Waals surface area contributed by atoms with E-state index in [1.807, 2.05) is 0 Å². The average Bonchev–Trinajstić information content (AvgIpc) is 3.05. The quantitative estimate of drug-likeness (QED) is 0.465. The van der Waals surface area contributed by atoms with Gasteiger partial charge in [-0.2, -0.15) is 0 Å². The molecule has 1 aromatic carbocycles. The Balaban J connectivity index is 1.42. The summed E-state index contributed by atoms with van der Waals surface area (Å²) in [4.78, 5) is 2.61. The van der Waals surface area contributed by atoms with E-state index in [1.54, 1.807) is 0 Å². The lowest BCUT2D eigenvalue weighted by atomic mass is 9.62. The summed E-state index contributed by atoms with van der Waals surface area (Å²) < 4.78 is 6.98. The molecule has 0 amide bonds. The second-order valence-corrected chi connectivity index (χ2v) is 11.1. The minimum atomic E-state index is 0.00415. The first-order valence-electron chi connectivity index (χ1n) is 12.3. The molecule has 0 spiro atoms. The molecule has 0 aliphatic heterocycles. The zero-order valence-electron chi connectivity index (χ0n) is 19.4. The summed E-state index contributed by atoms with van der Waals surface area (Å²) in [6.07, 6.45) is 13.2. The van der Waals surface area contributed by atoms with Crippen molar-refractivity contribution in [1.82, 2.24) is 4.90 Å². The smallest absolute Gasteiger partial charge is 0.0783 e. The van der Waals surface area contributed by atoms with E-state index < -0.39 is 0 Å². The van der Waals surface area contributed by atoms with Crippen LogP contribution in [-0.2, 0) is 11.2 Å². The van der Waals surface area contributed by atoms with Crippen LogP contribution in [0.3, 0.4) is 0 Å². The number of ether oxygens (including phenoxy) is 1. The van der Waals surface area contributed by atoms with Gasteiger partial charge in [0, 0.05) is 31.0 Å². The second-order valence-electron chi connectivity index (χ2n) is 11.1. The normalized spacial score (nSPS) is 34.2. The molecule has 0 radical (unpaired) electrons. The maximum absolute atomic E-state index is 6.98. The minimum Gasteiger partial charge on any atom is -0.374 e. The van der Waals surface area contributed by atoms with E-state index in [0.717, 1.165) is 31.4 Å². The molecule has 3 aliphatic carbocycles. The van der Waals surface area contributed by atoms with Crippen LogP contribution in [0.2, 0.25) is 0 Å². The molecule has 4 rings (SSSR count). The molecule has 0 heterocycles. The molecule has 1 aromatic rings. The summed E-state index contributed by atoms with van der Waals surface area (Å²) >= 11 is 0. The first-order valence-corrected chi connectivity index (χ1v) is 12.3. The molecule has 2 heteroatoms. The van der Waals surface area contributed by atoms with Gasteiger partial charge in [-0.25, -0.2) is 0 Å². The molecule has 3 atom stereocenters. The summed E-state index contributed by atoms with van der Waals surface area (Å²) in [7, 11) is 2.33. The third kappa shape index (κ3) is 3.81. The average molecular weight is 398 g/mol. The molecule has 162 valence electrons. The topological polar surface area (TPSA) is 12.5 Å². The highest BCUT2D eigenvalue weighted by Crippen LogP contribution is 2.71. The summed E-state index contributed by atoms with van der Waals surface area (Å²) in [5.74, 6) is 0.807. The lowest BCUT2D eigenvalue weighted by molar-refractivity contribution is -0.139. The van der Waals surface area contributed by atoms with Crippen molar-refractivity contribution in [1.29, 1.82) is 0 Å². The summed E-state index contributed by atoms with van der Waals surface area (Å²) in [5.41, 5.74) is 2.09. The van der Waals surface area contributed by atoms with Crippen LogP contribution in [-0.4, -0.2) is 36.7 Å². The predicted octanol–water partition coefficient (Wildman–Crippen LogP) is 6.49. The number of benzene rings is 1. The lowest BCUT2D eigenvalue weighted by Crippen LogP contribution is -2.51. The molecule has 3 unspecified atom stereocenters. The molecule has 3 aliphatic rings. The number of hydrogen-bond donors (Lipinski definition) is 0. The van der Waals surface area contributed by atoms with Crippen molar-refractivity contribution < 1.29 is 4.74 Å². The monoisotopic (exact) mass is 397 g/mol. The second kappa shape index (κ2) is 8.35. The zero-order valence-corrected chi connectivity index (χ0v) is 19.4. The molecule has 2 nitrogen and oxygen atoms in total. The van der Waals surface area contributed by atoms with E-state index in [9.17, 15) is 0 Å². The summed E-state index contributed by atoms with van der Waals surface area (Å²) in [5, 5.41) is 0. The molecular weight excluding hydrogens is 354 g/mol. The van der Waals surface area contributed by atoms with Gasteiger partial charge in [-0.3, -0.25) is 0 Å². The maximum atomic E-state index is 6.98. The molecule has 0 aromatic heterocycles. The summed E-state index contributed by atoms with van der Waals surface area (Å²) in [6, 6.07) is 11.9. The van der Waals surface area contributed by atoms with Crippen molar-refractivity contribution in [2.24, 2.45) is 16.7 Å². The van der Waals surface area contributed by atoms with Crippen molar-refractivity contribution in [3.63, 3.8) is 0 Å². The van der Waals surface area contributed by atoms with Crippen molar-refractivity contribution >= 4 is 0 Å². The van der Waals surface area contributed by atoms with E-state index in [0.29, 0.717) is 5.41 Å². The van der Waals surface area contributed by atoms with Crippen LogP contribution in [0.5, 0.6) is 0 Å². The molecule has 0 N–H and O–H groups in total. The Morgan fingerprint density at radius 1 is 1.00 bits per heavy atom. The predicted molar refractivity (Wildman–Crippen MR) is 122 cm³/mol. The van der Waals surface area contributed by atoms with Crippen LogP contribution < -0.4 is 0 Å². The van der Waals surface area contributed by atoms with Crippen molar-refractivity contribution in [3.05, 3.63) is 35.9 Å². The highest BCUT2D eigenvalue weighted by atomic mass is 16.5. The molecular formula is C27H43NO. The van der Waals surface area contributed by atoms with Crippen LogP contribution in [0, 0.1) is 16.7 Å². The first kappa shape index (κ1) is 21.4. The van der Waals surface area contributed by atoms with Crippen molar-refractivity contribution in [2.45, 2.75) is 96.6 Å². The Hall–Kier alpha value is -0.860. The van der Waals surface area contributed by atoms with Gasteiger partial charge in [0.15, 0.2) is 0 Å². The third-order valence-corrected chi connectivity index (χ3v) is 9.58. The number of hydrogen-bond acceptors (Lipinski definition) is 2. The molecule has 0 saturated heterocycles. The van der Waals surface area contributed by atoms with Gasteiger partial charge in [-0.15, -0.1) is 0 Å². The van der Waals surface area contributed by atoms with Gasteiger partial charge >= 0.3 is 0 Å². The van der Waals surface area contributed by atoms with Crippen LogP contribution >= 0.6 is 0 Å². The highest BCUT2D eigenvalue weighted by Gasteiger charge is 2.69. The van der Waals surface area contributed by atoms with Crippen molar-refractivity contribution in [3.8, 4) is 0 Å². The molecule has 3 saturated carbocycles. The lowest BCUT2D eigenvalue weighted by Gasteiger charge is -2.49. The molecule has 29 heavy (non-hydrogen) atoms. The van der Waals surface area contributed by atoms with E-state index in [-0.39, 0.29) is 11.0 Å². The fraction of sp³-hybridized carbons (Fsp3) is 0.778. The van der Waals surface area contributed by atoms with E-state index in [1.165, 1.54) is 63.5 Å².